The molecule has 0 aromatic heterocycles. The number of allylic oxidation sites excluding steroid dienone is 2. The summed E-state index contributed by atoms with van der Waals surface area (Å²) in [6, 6.07) is 0. The predicted molar refractivity (Wildman–Crippen MR) is 54.8 cm³/mol. The van der Waals surface area contributed by atoms with Crippen LogP contribution in [0, 0.1) is 5.41 Å². The minimum Gasteiger partial charge on any atom is -0.299 e. The van der Waals surface area contributed by atoms with Crippen molar-refractivity contribution in [1.82, 2.24) is 5.32 Å². The quantitative estimate of drug-likeness (QED) is 0.628. The molecule has 2 bridgehead atoms. The summed E-state index contributed by atoms with van der Waals surface area (Å²) in [6.07, 6.45) is 11.5. The van der Waals surface area contributed by atoms with Crippen molar-refractivity contribution in [2.24, 2.45) is 5.41 Å². The third-order valence-corrected chi connectivity index (χ3v) is 3.70. The fraction of sp³-hybridized carbons (Fsp3) is 0.417. The number of Topliss-reactive ketones (excluding diaryl/α,β-unsaturated/α-hetero) is 1. The van der Waals surface area contributed by atoms with Crippen LogP contribution < -0.4 is 5.32 Å². The first-order chi connectivity index (χ1) is 6.67. The molecule has 0 fully saturated rings. The zero-order valence-corrected chi connectivity index (χ0v) is 8.21. The maximum atomic E-state index is 11.6. The van der Waals surface area contributed by atoms with Gasteiger partial charge in [-0.25, -0.2) is 0 Å². The van der Waals surface area contributed by atoms with E-state index in [-0.39, 0.29) is 16.7 Å². The fourth-order valence-electron chi connectivity index (χ4n) is 2.64. The van der Waals surface area contributed by atoms with Crippen LogP contribution in [0.5, 0.6) is 0 Å². The van der Waals surface area contributed by atoms with Gasteiger partial charge < -0.3 is 0 Å². The normalized spacial score (nSPS) is 42.5. The SMILES string of the molecule is CC(=O)C12C=CC3(C=C1)NCC=C3C2. The van der Waals surface area contributed by atoms with Gasteiger partial charge in [0.05, 0.1) is 11.0 Å². The van der Waals surface area contributed by atoms with E-state index in [0.29, 0.717) is 0 Å². The third-order valence-electron chi connectivity index (χ3n) is 3.70. The summed E-state index contributed by atoms with van der Waals surface area (Å²) < 4.78 is 0. The predicted octanol–water partition coefficient (Wildman–Crippen LogP) is 1.36. The minimum atomic E-state index is -0.334. The van der Waals surface area contributed by atoms with Crippen molar-refractivity contribution in [2.75, 3.05) is 6.54 Å². The molecular weight excluding hydrogens is 174 g/mol. The van der Waals surface area contributed by atoms with Gasteiger partial charge in [-0.3, -0.25) is 10.1 Å². The highest BCUT2D eigenvalue weighted by molar-refractivity contribution is 5.89. The molecule has 0 unspecified atom stereocenters. The monoisotopic (exact) mass is 187 g/mol. The Morgan fingerprint density at radius 3 is 2.71 bits per heavy atom. The van der Waals surface area contributed by atoms with Crippen molar-refractivity contribution in [1.29, 1.82) is 0 Å². The van der Waals surface area contributed by atoms with Gasteiger partial charge in [0.25, 0.3) is 0 Å². The van der Waals surface area contributed by atoms with Crippen molar-refractivity contribution in [3.05, 3.63) is 36.0 Å². The number of hydrogen-bond donors (Lipinski definition) is 1. The van der Waals surface area contributed by atoms with E-state index in [1.165, 1.54) is 5.57 Å². The average molecular weight is 187 g/mol. The smallest absolute Gasteiger partial charge is 0.143 e. The molecule has 1 spiro atoms. The molecule has 0 aromatic carbocycles. The van der Waals surface area contributed by atoms with Gasteiger partial charge >= 0.3 is 0 Å². The standard InChI is InChI=1S/C12H13NO/c1-9(14)11-3-5-12(6-4-11)10(8-11)2-7-13-12/h2-6,13H,7-8H2,1H3. The van der Waals surface area contributed by atoms with Gasteiger partial charge in [-0.15, -0.1) is 0 Å². The Labute approximate surface area is 83.4 Å². The number of carbonyl (C=O) groups excluding carboxylic acids is 1. The largest absolute Gasteiger partial charge is 0.299 e. The van der Waals surface area contributed by atoms with Gasteiger partial charge in [0.1, 0.15) is 5.78 Å². The van der Waals surface area contributed by atoms with Gasteiger partial charge in [0.15, 0.2) is 0 Å². The number of ketones is 1. The molecule has 4 aliphatic rings. The molecule has 0 saturated carbocycles. The Morgan fingerprint density at radius 1 is 1.36 bits per heavy atom. The number of nitrogens with one attached hydrogen (secondary N) is 1. The van der Waals surface area contributed by atoms with Crippen LogP contribution in [0.25, 0.3) is 0 Å². The molecule has 2 nitrogen and oxygen atoms in total. The van der Waals surface area contributed by atoms with Gasteiger partial charge in [-0.05, 0) is 18.9 Å². The molecule has 2 heteroatoms. The Morgan fingerprint density at radius 2 is 2.07 bits per heavy atom. The van der Waals surface area contributed by atoms with E-state index in [2.05, 4.69) is 35.7 Å². The molecule has 1 N–H and O–H groups in total. The highest BCUT2D eigenvalue weighted by Gasteiger charge is 2.47. The Bertz CT molecular complexity index is 387. The Hall–Kier alpha value is -1.15. The van der Waals surface area contributed by atoms with Crippen molar-refractivity contribution in [2.45, 2.75) is 18.9 Å². The van der Waals surface area contributed by atoms with E-state index in [9.17, 15) is 4.79 Å². The van der Waals surface area contributed by atoms with E-state index < -0.39 is 0 Å². The summed E-state index contributed by atoms with van der Waals surface area (Å²) in [5.41, 5.74) is 0.981. The zero-order chi connectivity index (χ0) is 9.81. The first-order valence-corrected chi connectivity index (χ1v) is 5.03. The lowest BCUT2D eigenvalue weighted by Gasteiger charge is -2.42. The summed E-state index contributed by atoms with van der Waals surface area (Å²) >= 11 is 0. The van der Waals surface area contributed by atoms with Crippen LogP contribution in [0.3, 0.4) is 0 Å². The highest BCUT2D eigenvalue weighted by Crippen LogP contribution is 2.47. The summed E-state index contributed by atoms with van der Waals surface area (Å²) in [7, 11) is 0. The fourth-order valence-corrected chi connectivity index (χ4v) is 2.64. The second kappa shape index (κ2) is 2.26. The van der Waals surface area contributed by atoms with E-state index in [4.69, 9.17) is 0 Å². The first kappa shape index (κ1) is 8.18. The van der Waals surface area contributed by atoms with Gasteiger partial charge in [-0.2, -0.15) is 0 Å². The average Bonchev–Trinajstić information content (AvgIpc) is 2.60. The molecule has 72 valence electrons. The lowest BCUT2D eigenvalue weighted by atomic mass is 9.63. The van der Waals surface area contributed by atoms with Crippen LogP contribution in [0.2, 0.25) is 0 Å². The molecule has 1 aliphatic heterocycles. The summed E-state index contributed by atoms with van der Waals surface area (Å²) in [4.78, 5) is 11.6. The van der Waals surface area contributed by atoms with Crippen molar-refractivity contribution in [3.8, 4) is 0 Å². The molecule has 1 heterocycles. The van der Waals surface area contributed by atoms with Crippen molar-refractivity contribution >= 4 is 5.78 Å². The summed E-state index contributed by atoms with van der Waals surface area (Å²) in [6.45, 7) is 2.59. The highest BCUT2D eigenvalue weighted by atomic mass is 16.1. The van der Waals surface area contributed by atoms with Crippen LogP contribution in [-0.4, -0.2) is 17.9 Å². The molecule has 3 aliphatic carbocycles. The minimum absolute atomic E-state index is 0.0444. The lowest BCUT2D eigenvalue weighted by Crippen LogP contribution is -2.48. The Balaban J connectivity index is 2.16. The molecule has 0 atom stereocenters. The molecule has 0 amide bonds. The molecule has 0 aromatic rings. The maximum Gasteiger partial charge on any atom is 0.143 e. The first-order valence-electron chi connectivity index (χ1n) is 5.03. The molecule has 14 heavy (non-hydrogen) atoms. The molecule has 4 rings (SSSR count). The van der Waals surface area contributed by atoms with Gasteiger partial charge in [0.2, 0.25) is 0 Å². The van der Waals surface area contributed by atoms with E-state index in [1.807, 2.05) is 0 Å². The van der Waals surface area contributed by atoms with Crippen LogP contribution in [0.1, 0.15) is 13.3 Å². The third kappa shape index (κ3) is 0.775. The van der Waals surface area contributed by atoms with E-state index in [1.54, 1.807) is 6.92 Å². The van der Waals surface area contributed by atoms with Crippen LogP contribution in [0.15, 0.2) is 36.0 Å². The molecule has 0 radical (unpaired) electrons. The number of carbonyl (C=O) groups is 1. The molecule has 0 saturated heterocycles. The zero-order valence-electron chi connectivity index (χ0n) is 8.21. The van der Waals surface area contributed by atoms with E-state index in [0.717, 1.165) is 13.0 Å². The second-order valence-electron chi connectivity index (χ2n) is 4.42. The summed E-state index contributed by atoms with van der Waals surface area (Å²) in [5, 5.41) is 3.44. The van der Waals surface area contributed by atoms with Crippen LogP contribution >= 0.6 is 0 Å². The number of hydrogen-bond acceptors (Lipinski definition) is 2. The van der Waals surface area contributed by atoms with Gasteiger partial charge in [0, 0.05) is 6.54 Å². The van der Waals surface area contributed by atoms with Crippen LogP contribution in [0.4, 0.5) is 0 Å². The van der Waals surface area contributed by atoms with Gasteiger partial charge in [-0.1, -0.05) is 30.4 Å². The lowest BCUT2D eigenvalue weighted by molar-refractivity contribution is -0.122. The van der Waals surface area contributed by atoms with Crippen LogP contribution in [-0.2, 0) is 4.79 Å². The van der Waals surface area contributed by atoms with Crippen molar-refractivity contribution < 1.29 is 4.79 Å². The topological polar surface area (TPSA) is 29.1 Å². The number of rotatable bonds is 1. The maximum absolute atomic E-state index is 11.6. The summed E-state index contributed by atoms with van der Waals surface area (Å²) in [5.74, 6) is 0.242. The van der Waals surface area contributed by atoms with E-state index >= 15 is 0 Å². The Kier molecular flexibility index (Phi) is 1.32. The molecular formula is C12H13NO. The second-order valence-corrected chi connectivity index (χ2v) is 4.42. The van der Waals surface area contributed by atoms with Crippen molar-refractivity contribution in [3.63, 3.8) is 0 Å².